The van der Waals surface area contributed by atoms with Gasteiger partial charge in [-0.2, -0.15) is 19.4 Å². The maximum Gasteiger partial charge on any atom is 0.373 e. The summed E-state index contributed by atoms with van der Waals surface area (Å²) in [6.07, 6.45) is 2.54. The van der Waals surface area contributed by atoms with Crippen LogP contribution in [0.1, 0.15) is 0 Å². The third kappa shape index (κ3) is 1.60. The van der Waals surface area contributed by atoms with Gasteiger partial charge in [0, 0.05) is 0 Å². The van der Waals surface area contributed by atoms with Crippen molar-refractivity contribution in [1.29, 1.82) is 0 Å². The molecule has 0 aliphatic rings. The van der Waals surface area contributed by atoms with Gasteiger partial charge in [0.25, 0.3) is 0 Å². The lowest BCUT2D eigenvalue weighted by molar-refractivity contribution is 0.237. The fraction of sp³-hybridized carbons (Fsp3) is 0. The fourth-order valence-corrected chi connectivity index (χ4v) is 1.76. The van der Waals surface area contributed by atoms with E-state index in [9.17, 15) is 4.79 Å². The van der Waals surface area contributed by atoms with Crippen molar-refractivity contribution in [2.45, 2.75) is 0 Å². The van der Waals surface area contributed by atoms with Gasteiger partial charge in [-0.05, 0) is 31.9 Å². The van der Waals surface area contributed by atoms with Crippen LogP contribution < -0.4 is 0 Å². The van der Waals surface area contributed by atoms with Gasteiger partial charge in [0.05, 0.1) is 0 Å². The second kappa shape index (κ2) is 3.58. The van der Waals surface area contributed by atoms with Gasteiger partial charge in [-0.3, -0.25) is 0 Å². The molecule has 0 bridgehead atoms. The molecule has 0 fully saturated rings. The molecule has 2 heterocycles. The lowest BCUT2D eigenvalue weighted by Crippen LogP contribution is -2.21. The minimum atomic E-state index is -0.465. The Labute approximate surface area is 94.4 Å². The molecule has 0 amide bonds. The Bertz CT molecular complexity index is 463. The van der Waals surface area contributed by atoms with Crippen LogP contribution >= 0.6 is 31.9 Å². The maximum absolute atomic E-state index is 11.6. The summed E-state index contributed by atoms with van der Waals surface area (Å²) in [7, 11) is 0. The summed E-state index contributed by atoms with van der Waals surface area (Å²) in [5, 5.41) is 7.48. The number of carbonyl (C=O) groups is 1. The van der Waals surface area contributed by atoms with Crippen molar-refractivity contribution in [2.24, 2.45) is 0 Å². The van der Waals surface area contributed by atoms with E-state index in [1.54, 1.807) is 0 Å². The summed E-state index contributed by atoms with van der Waals surface area (Å²) >= 11 is 6.12. The zero-order valence-electron chi connectivity index (χ0n) is 6.50. The van der Waals surface area contributed by atoms with Crippen LogP contribution in [0.2, 0.25) is 0 Å². The van der Waals surface area contributed by atoms with Crippen molar-refractivity contribution in [3.63, 3.8) is 0 Å². The predicted octanol–water partition coefficient (Wildman–Crippen LogP) is 0.911. The van der Waals surface area contributed by atoms with Crippen molar-refractivity contribution >= 4 is 37.9 Å². The van der Waals surface area contributed by atoms with E-state index in [2.05, 4.69) is 52.0 Å². The molecule has 7 nitrogen and oxygen atoms in total. The minimum absolute atomic E-state index is 0.296. The molecular formula is C5H2Br2N6O. The molecule has 0 spiro atoms. The molecule has 0 N–H and O–H groups in total. The van der Waals surface area contributed by atoms with Crippen LogP contribution in [0, 0.1) is 0 Å². The number of hydrogen-bond donors (Lipinski definition) is 0. The first-order valence-corrected chi connectivity index (χ1v) is 4.94. The van der Waals surface area contributed by atoms with E-state index < -0.39 is 6.03 Å². The second-order valence-corrected chi connectivity index (χ2v) is 3.60. The van der Waals surface area contributed by atoms with E-state index in [0.29, 0.717) is 9.47 Å². The highest BCUT2D eigenvalue weighted by atomic mass is 79.9. The topological polar surface area (TPSA) is 78.5 Å². The van der Waals surface area contributed by atoms with Gasteiger partial charge in [0.2, 0.25) is 9.47 Å². The zero-order chi connectivity index (χ0) is 10.1. The van der Waals surface area contributed by atoms with Gasteiger partial charge in [0.15, 0.2) is 0 Å². The number of nitrogens with zero attached hydrogens (tertiary/aromatic N) is 6. The Morgan fingerprint density at radius 2 is 2.21 bits per heavy atom. The molecule has 0 saturated heterocycles. The van der Waals surface area contributed by atoms with Gasteiger partial charge in [-0.15, -0.1) is 5.10 Å². The first kappa shape index (κ1) is 9.46. The molecule has 14 heavy (non-hydrogen) atoms. The summed E-state index contributed by atoms with van der Waals surface area (Å²) in [6, 6.07) is -0.465. The van der Waals surface area contributed by atoms with E-state index in [0.717, 1.165) is 9.36 Å². The number of hydrogen-bond acceptors (Lipinski definition) is 5. The molecule has 0 radical (unpaired) electrons. The van der Waals surface area contributed by atoms with Gasteiger partial charge in [0.1, 0.15) is 12.7 Å². The predicted molar refractivity (Wildman–Crippen MR) is 51.6 cm³/mol. The maximum atomic E-state index is 11.6. The van der Waals surface area contributed by atoms with Crippen LogP contribution in [0.15, 0.2) is 22.1 Å². The average molecular weight is 322 g/mol. The molecule has 9 heteroatoms. The highest BCUT2D eigenvalue weighted by Crippen LogP contribution is 2.11. The van der Waals surface area contributed by atoms with Crippen LogP contribution in [0.3, 0.4) is 0 Å². The Kier molecular flexibility index (Phi) is 2.42. The molecule has 2 aromatic rings. The third-order valence-corrected chi connectivity index (χ3v) is 2.19. The molecular weight excluding hydrogens is 320 g/mol. The van der Waals surface area contributed by atoms with Gasteiger partial charge < -0.3 is 0 Å². The summed E-state index contributed by atoms with van der Waals surface area (Å²) in [5.41, 5.74) is 0. The summed E-state index contributed by atoms with van der Waals surface area (Å²) < 4.78 is 2.72. The van der Waals surface area contributed by atoms with Crippen LogP contribution in [0.25, 0.3) is 0 Å². The second-order valence-electron chi connectivity index (χ2n) is 2.18. The lowest BCUT2D eigenvalue weighted by Gasteiger charge is -1.97. The number of carbonyl (C=O) groups excluding carboxylic acids is 1. The Morgan fingerprint density at radius 1 is 1.43 bits per heavy atom. The first-order chi connectivity index (χ1) is 6.68. The van der Waals surface area contributed by atoms with E-state index in [1.807, 2.05) is 0 Å². The van der Waals surface area contributed by atoms with Crippen LogP contribution in [0.4, 0.5) is 4.79 Å². The Hall–Kier alpha value is -1.09. The molecule has 2 aromatic heterocycles. The normalized spacial score (nSPS) is 10.4. The molecule has 0 unspecified atom stereocenters. The van der Waals surface area contributed by atoms with Crippen molar-refractivity contribution in [3.05, 3.63) is 22.1 Å². The SMILES string of the molecule is O=C(n1cncn1)n1nc(Br)nc1Br. The molecule has 0 aromatic carbocycles. The highest BCUT2D eigenvalue weighted by molar-refractivity contribution is 9.11. The summed E-state index contributed by atoms with van der Waals surface area (Å²) in [5.74, 6) is 0. The van der Waals surface area contributed by atoms with Crippen molar-refractivity contribution in [1.82, 2.24) is 29.5 Å². The van der Waals surface area contributed by atoms with E-state index >= 15 is 0 Å². The van der Waals surface area contributed by atoms with Gasteiger partial charge in [-0.25, -0.2) is 9.78 Å². The van der Waals surface area contributed by atoms with Gasteiger partial charge >= 0.3 is 6.03 Å². The van der Waals surface area contributed by atoms with Crippen LogP contribution in [0.5, 0.6) is 0 Å². The molecule has 2 rings (SSSR count). The van der Waals surface area contributed by atoms with Crippen molar-refractivity contribution in [3.8, 4) is 0 Å². The van der Waals surface area contributed by atoms with Crippen LogP contribution in [-0.2, 0) is 0 Å². The summed E-state index contributed by atoms with van der Waals surface area (Å²) in [4.78, 5) is 19.1. The summed E-state index contributed by atoms with van der Waals surface area (Å²) in [6.45, 7) is 0. The molecule has 0 aliphatic carbocycles. The van der Waals surface area contributed by atoms with Gasteiger partial charge in [-0.1, -0.05) is 0 Å². The number of aromatic nitrogens is 6. The number of halogens is 2. The Balaban J connectivity index is 2.41. The molecule has 72 valence electrons. The highest BCUT2D eigenvalue weighted by Gasteiger charge is 2.14. The minimum Gasteiger partial charge on any atom is -0.243 e. The van der Waals surface area contributed by atoms with Crippen LogP contribution in [-0.4, -0.2) is 35.6 Å². The smallest absolute Gasteiger partial charge is 0.243 e. The standard InChI is InChI=1S/C5H2Br2N6O/c6-3-10-4(7)13(11-3)5(14)12-2-8-1-9-12/h1-2H. The van der Waals surface area contributed by atoms with E-state index in [4.69, 9.17) is 0 Å². The number of rotatable bonds is 0. The largest absolute Gasteiger partial charge is 0.373 e. The monoisotopic (exact) mass is 320 g/mol. The van der Waals surface area contributed by atoms with E-state index in [-0.39, 0.29) is 0 Å². The molecule has 0 saturated carbocycles. The average Bonchev–Trinajstić information content (AvgIpc) is 2.73. The first-order valence-electron chi connectivity index (χ1n) is 3.36. The lowest BCUT2D eigenvalue weighted by atomic mass is 10.9. The van der Waals surface area contributed by atoms with Crippen molar-refractivity contribution in [2.75, 3.05) is 0 Å². The third-order valence-electron chi connectivity index (χ3n) is 1.34. The molecule has 0 atom stereocenters. The quantitative estimate of drug-likeness (QED) is 0.720. The van der Waals surface area contributed by atoms with E-state index in [1.165, 1.54) is 12.7 Å². The molecule has 0 aliphatic heterocycles. The zero-order valence-corrected chi connectivity index (χ0v) is 9.67. The Morgan fingerprint density at radius 3 is 2.71 bits per heavy atom. The van der Waals surface area contributed by atoms with Crippen molar-refractivity contribution < 1.29 is 4.79 Å². The fourth-order valence-electron chi connectivity index (χ4n) is 0.795.